The summed E-state index contributed by atoms with van der Waals surface area (Å²) < 4.78 is 40.6. The Morgan fingerprint density at radius 2 is 1.86 bits per heavy atom. The Morgan fingerprint density at radius 1 is 1.11 bits per heavy atom. The van der Waals surface area contributed by atoms with Crippen LogP contribution >= 0.6 is 11.6 Å². The zero-order valence-corrected chi connectivity index (χ0v) is 19.5. The van der Waals surface area contributed by atoms with Gasteiger partial charge in [0.25, 0.3) is 5.91 Å². The zero-order valence-electron chi connectivity index (χ0n) is 18.7. The van der Waals surface area contributed by atoms with Gasteiger partial charge in [-0.05, 0) is 37.4 Å². The average molecular weight is 504 g/mol. The molecule has 11 heteroatoms. The Bertz CT molecular complexity index is 1330. The van der Waals surface area contributed by atoms with Crippen LogP contribution in [0.2, 0.25) is 5.02 Å². The van der Waals surface area contributed by atoms with E-state index in [1.165, 1.54) is 18.3 Å². The van der Waals surface area contributed by atoms with Gasteiger partial charge in [-0.3, -0.25) is 9.59 Å². The summed E-state index contributed by atoms with van der Waals surface area (Å²) >= 11 is 6.15. The van der Waals surface area contributed by atoms with Crippen LogP contribution in [0.5, 0.6) is 0 Å². The molecule has 3 aromatic rings. The first-order chi connectivity index (χ1) is 16.6. The third kappa shape index (κ3) is 5.07. The molecular weight excluding hydrogens is 483 g/mol. The molecular formula is C24H21ClF3N5O2. The fraction of sp³-hybridized carbons (Fsp3) is 0.250. The minimum Gasteiger partial charge on any atom is -0.350 e. The highest BCUT2D eigenvalue weighted by Crippen LogP contribution is 2.35. The molecule has 1 aromatic heterocycles. The molecule has 0 bridgehead atoms. The van der Waals surface area contributed by atoms with Crippen molar-refractivity contribution in [2.24, 2.45) is 5.10 Å². The minimum atomic E-state index is -4.74. The van der Waals surface area contributed by atoms with Gasteiger partial charge in [0.2, 0.25) is 5.91 Å². The molecule has 1 aliphatic heterocycles. The number of alkyl halides is 3. The van der Waals surface area contributed by atoms with Crippen molar-refractivity contribution in [1.82, 2.24) is 10.3 Å². The third-order valence-corrected chi connectivity index (χ3v) is 5.63. The summed E-state index contributed by atoms with van der Waals surface area (Å²) in [4.78, 5) is 30.3. The molecule has 2 aromatic carbocycles. The number of carbonyl (C=O) groups is 2. The summed E-state index contributed by atoms with van der Waals surface area (Å²) in [5.74, 6) is -1.29. The van der Waals surface area contributed by atoms with Crippen molar-refractivity contribution in [2.45, 2.75) is 38.5 Å². The quantitative estimate of drug-likeness (QED) is 0.503. The SMILES string of the molecule is CC(C)NC(=O)c1ccc2ccccc2c1NC(=O)C1CC(C(F)(F)F)=NN1c1ncccc1Cl. The number of hydrogen-bond acceptors (Lipinski definition) is 5. The number of nitrogens with zero attached hydrogens (tertiary/aromatic N) is 3. The number of hydrogen-bond donors (Lipinski definition) is 2. The van der Waals surface area contributed by atoms with E-state index in [0.29, 0.717) is 5.39 Å². The molecule has 35 heavy (non-hydrogen) atoms. The highest BCUT2D eigenvalue weighted by atomic mass is 35.5. The molecule has 0 fully saturated rings. The summed E-state index contributed by atoms with van der Waals surface area (Å²) in [7, 11) is 0. The summed E-state index contributed by atoms with van der Waals surface area (Å²) in [6, 6.07) is 11.8. The van der Waals surface area contributed by atoms with Crippen LogP contribution in [0.15, 0.2) is 59.8 Å². The Morgan fingerprint density at radius 3 is 2.54 bits per heavy atom. The predicted octanol–water partition coefficient (Wildman–Crippen LogP) is 5.16. The maximum absolute atomic E-state index is 13.5. The number of hydrazone groups is 1. The zero-order chi connectivity index (χ0) is 25.3. The lowest BCUT2D eigenvalue weighted by Crippen LogP contribution is -2.40. The van der Waals surface area contributed by atoms with E-state index >= 15 is 0 Å². The number of nitrogens with one attached hydrogen (secondary N) is 2. The normalized spacial score (nSPS) is 15.9. The number of halogens is 4. The van der Waals surface area contributed by atoms with Crippen molar-refractivity contribution < 1.29 is 22.8 Å². The Balaban J connectivity index is 1.75. The summed E-state index contributed by atoms with van der Waals surface area (Å²) in [6.45, 7) is 3.58. The first-order valence-electron chi connectivity index (χ1n) is 10.7. The number of amides is 2. The topological polar surface area (TPSA) is 86.7 Å². The lowest BCUT2D eigenvalue weighted by molar-refractivity contribution is -0.117. The molecule has 182 valence electrons. The van der Waals surface area contributed by atoms with Crippen LogP contribution < -0.4 is 15.6 Å². The molecule has 0 spiro atoms. The number of rotatable bonds is 5. The summed E-state index contributed by atoms with van der Waals surface area (Å²) in [6.07, 6.45) is -4.10. The molecule has 0 aliphatic carbocycles. The molecule has 0 saturated carbocycles. The van der Waals surface area contributed by atoms with E-state index in [-0.39, 0.29) is 28.1 Å². The van der Waals surface area contributed by atoms with Gasteiger partial charge >= 0.3 is 6.18 Å². The van der Waals surface area contributed by atoms with Gasteiger partial charge < -0.3 is 10.6 Å². The number of pyridine rings is 1. The molecule has 7 nitrogen and oxygen atoms in total. The van der Waals surface area contributed by atoms with Crippen molar-refractivity contribution in [2.75, 3.05) is 10.3 Å². The van der Waals surface area contributed by atoms with E-state index in [9.17, 15) is 22.8 Å². The molecule has 0 saturated heterocycles. The molecule has 2 N–H and O–H groups in total. The van der Waals surface area contributed by atoms with Crippen LogP contribution in [0, 0.1) is 0 Å². The van der Waals surface area contributed by atoms with E-state index < -0.39 is 36.2 Å². The van der Waals surface area contributed by atoms with Crippen molar-refractivity contribution >= 4 is 51.4 Å². The van der Waals surface area contributed by atoms with Gasteiger partial charge in [0.1, 0.15) is 11.8 Å². The first-order valence-corrected chi connectivity index (χ1v) is 11.1. The van der Waals surface area contributed by atoms with Crippen LogP contribution in [0.25, 0.3) is 10.8 Å². The van der Waals surface area contributed by atoms with Crippen molar-refractivity contribution in [3.8, 4) is 0 Å². The monoisotopic (exact) mass is 503 g/mol. The maximum Gasteiger partial charge on any atom is 0.431 e. The van der Waals surface area contributed by atoms with Crippen LogP contribution in [0.3, 0.4) is 0 Å². The van der Waals surface area contributed by atoms with Crippen molar-refractivity contribution in [3.63, 3.8) is 0 Å². The highest BCUT2D eigenvalue weighted by Gasteiger charge is 2.46. The first kappa shape index (κ1) is 24.5. The largest absolute Gasteiger partial charge is 0.431 e. The molecule has 1 aliphatic rings. The fourth-order valence-electron chi connectivity index (χ4n) is 3.77. The van der Waals surface area contributed by atoms with Gasteiger partial charge in [0.05, 0.1) is 16.3 Å². The molecule has 2 heterocycles. The van der Waals surface area contributed by atoms with Gasteiger partial charge in [-0.1, -0.05) is 41.9 Å². The second kappa shape index (κ2) is 9.53. The Kier molecular flexibility index (Phi) is 6.66. The van der Waals surface area contributed by atoms with E-state index in [1.807, 2.05) is 0 Å². The van der Waals surface area contributed by atoms with E-state index in [0.717, 1.165) is 10.4 Å². The van der Waals surface area contributed by atoms with Crippen molar-refractivity contribution in [3.05, 3.63) is 65.3 Å². The minimum absolute atomic E-state index is 0.0413. The average Bonchev–Trinajstić information content (AvgIpc) is 3.25. The smallest absolute Gasteiger partial charge is 0.350 e. The highest BCUT2D eigenvalue weighted by molar-refractivity contribution is 6.33. The van der Waals surface area contributed by atoms with Crippen LogP contribution in [-0.4, -0.2) is 40.8 Å². The van der Waals surface area contributed by atoms with Crippen LogP contribution in [0.4, 0.5) is 24.7 Å². The standard InChI is InChI=1S/C24H21ClF3N5O2/c1-13(2)30-22(34)16-10-9-14-6-3-4-7-15(14)20(16)31-23(35)18-12-19(24(26,27)28)32-33(18)21-17(25)8-5-11-29-21/h3-11,13,18H,12H2,1-2H3,(H,30,34)(H,31,35). The lowest BCUT2D eigenvalue weighted by atomic mass is 10.0. The van der Waals surface area contributed by atoms with Gasteiger partial charge in [-0.15, -0.1) is 0 Å². The fourth-order valence-corrected chi connectivity index (χ4v) is 3.98. The second-order valence-electron chi connectivity index (χ2n) is 8.24. The van der Waals surface area contributed by atoms with Gasteiger partial charge in [0, 0.05) is 24.0 Å². The molecule has 0 radical (unpaired) electrons. The molecule has 1 unspecified atom stereocenters. The predicted molar refractivity (Wildman–Crippen MR) is 129 cm³/mol. The van der Waals surface area contributed by atoms with Crippen molar-refractivity contribution in [1.29, 1.82) is 0 Å². The third-order valence-electron chi connectivity index (χ3n) is 5.34. The van der Waals surface area contributed by atoms with Gasteiger partial charge in [-0.2, -0.15) is 18.3 Å². The molecule has 4 rings (SSSR count). The Hall–Kier alpha value is -3.66. The van der Waals surface area contributed by atoms with Crippen LogP contribution in [-0.2, 0) is 4.79 Å². The molecule has 2 amide bonds. The second-order valence-corrected chi connectivity index (χ2v) is 8.65. The summed E-state index contributed by atoms with van der Waals surface area (Å²) in [5.41, 5.74) is -0.753. The molecule has 1 atom stereocenters. The number of fused-ring (bicyclic) bond motifs is 1. The number of benzene rings is 2. The number of anilines is 2. The maximum atomic E-state index is 13.5. The number of aromatic nitrogens is 1. The van der Waals surface area contributed by atoms with E-state index in [2.05, 4.69) is 20.7 Å². The number of carbonyl (C=O) groups excluding carboxylic acids is 2. The van der Waals surface area contributed by atoms with E-state index in [1.54, 1.807) is 50.2 Å². The van der Waals surface area contributed by atoms with Gasteiger partial charge in [0.15, 0.2) is 5.82 Å². The van der Waals surface area contributed by atoms with Crippen LogP contribution in [0.1, 0.15) is 30.6 Å². The summed E-state index contributed by atoms with van der Waals surface area (Å²) in [5, 5.41) is 11.3. The van der Waals surface area contributed by atoms with E-state index in [4.69, 9.17) is 11.6 Å². The Labute approximate surface area is 204 Å². The lowest BCUT2D eigenvalue weighted by Gasteiger charge is -2.23. The van der Waals surface area contributed by atoms with Gasteiger partial charge in [-0.25, -0.2) is 9.99 Å².